The van der Waals surface area contributed by atoms with Crippen molar-refractivity contribution >= 4 is 44.1 Å². The molecule has 0 atom stereocenters. The van der Waals surface area contributed by atoms with Gasteiger partial charge in [-0.05, 0) is 28.1 Å². The highest BCUT2D eigenvalue weighted by Crippen LogP contribution is 2.24. The number of hydrogen-bond acceptors (Lipinski definition) is 2. The highest BCUT2D eigenvalue weighted by atomic mass is 79.9. The second kappa shape index (κ2) is 4.02. The standard InChI is InChI=1S/C8H5Br2NO2/c9-5-1-4(3-12)7(8(11)13)6(10)2-5/h1-3H,(H2,11,13). The van der Waals surface area contributed by atoms with Gasteiger partial charge in [0.2, 0.25) is 0 Å². The minimum atomic E-state index is -0.624. The number of nitrogens with two attached hydrogens (primary N) is 1. The Hall–Kier alpha value is -0.680. The van der Waals surface area contributed by atoms with Gasteiger partial charge in [0.05, 0.1) is 5.56 Å². The molecule has 0 fully saturated rings. The van der Waals surface area contributed by atoms with Crippen LogP contribution in [0.4, 0.5) is 0 Å². The van der Waals surface area contributed by atoms with Crippen LogP contribution in [0.5, 0.6) is 0 Å². The van der Waals surface area contributed by atoms with Crippen molar-refractivity contribution in [1.82, 2.24) is 0 Å². The van der Waals surface area contributed by atoms with E-state index in [2.05, 4.69) is 31.9 Å². The van der Waals surface area contributed by atoms with Gasteiger partial charge in [0.1, 0.15) is 0 Å². The number of amides is 1. The quantitative estimate of drug-likeness (QED) is 0.851. The maximum atomic E-state index is 10.9. The summed E-state index contributed by atoms with van der Waals surface area (Å²) < 4.78 is 1.22. The summed E-state index contributed by atoms with van der Waals surface area (Å²) in [6.45, 7) is 0. The number of carbonyl (C=O) groups excluding carboxylic acids is 2. The van der Waals surface area contributed by atoms with Crippen LogP contribution in [0.15, 0.2) is 21.1 Å². The summed E-state index contributed by atoms with van der Waals surface area (Å²) in [4.78, 5) is 21.5. The third-order valence-electron chi connectivity index (χ3n) is 1.46. The first-order valence-electron chi connectivity index (χ1n) is 3.30. The smallest absolute Gasteiger partial charge is 0.250 e. The van der Waals surface area contributed by atoms with Gasteiger partial charge in [-0.1, -0.05) is 15.9 Å². The van der Waals surface area contributed by atoms with E-state index in [1.807, 2.05) is 0 Å². The molecule has 0 aliphatic carbocycles. The van der Waals surface area contributed by atoms with Crippen molar-refractivity contribution in [2.45, 2.75) is 0 Å². The Kier molecular flexibility index (Phi) is 3.22. The molecular weight excluding hydrogens is 302 g/mol. The molecule has 1 amide bonds. The van der Waals surface area contributed by atoms with Gasteiger partial charge in [-0.25, -0.2) is 0 Å². The van der Waals surface area contributed by atoms with Crippen LogP contribution in [0, 0.1) is 0 Å². The average molecular weight is 307 g/mol. The van der Waals surface area contributed by atoms with Crippen LogP contribution in [-0.2, 0) is 0 Å². The van der Waals surface area contributed by atoms with E-state index in [9.17, 15) is 9.59 Å². The first-order chi connectivity index (χ1) is 6.06. The molecule has 2 N–H and O–H groups in total. The molecule has 0 heterocycles. The molecule has 0 aliphatic rings. The van der Waals surface area contributed by atoms with Gasteiger partial charge in [-0.2, -0.15) is 0 Å². The van der Waals surface area contributed by atoms with Crippen molar-refractivity contribution in [3.8, 4) is 0 Å². The van der Waals surface area contributed by atoms with Crippen LogP contribution in [0.25, 0.3) is 0 Å². The van der Waals surface area contributed by atoms with Crippen LogP contribution in [0.1, 0.15) is 20.7 Å². The predicted octanol–water partition coefficient (Wildman–Crippen LogP) is 2.12. The monoisotopic (exact) mass is 305 g/mol. The van der Waals surface area contributed by atoms with E-state index >= 15 is 0 Å². The summed E-state index contributed by atoms with van der Waals surface area (Å²) in [5.41, 5.74) is 5.58. The highest BCUT2D eigenvalue weighted by Gasteiger charge is 2.12. The molecule has 68 valence electrons. The molecule has 3 nitrogen and oxygen atoms in total. The van der Waals surface area contributed by atoms with Crippen molar-refractivity contribution in [3.05, 3.63) is 32.2 Å². The number of primary amides is 1. The zero-order valence-corrected chi connectivity index (χ0v) is 9.55. The largest absolute Gasteiger partial charge is 0.366 e. The van der Waals surface area contributed by atoms with Crippen molar-refractivity contribution in [3.63, 3.8) is 0 Å². The van der Waals surface area contributed by atoms with E-state index in [1.165, 1.54) is 6.07 Å². The molecule has 0 saturated heterocycles. The molecule has 1 rings (SSSR count). The molecule has 0 radical (unpaired) electrons. The summed E-state index contributed by atoms with van der Waals surface area (Å²) in [6.07, 6.45) is 0.593. The lowest BCUT2D eigenvalue weighted by atomic mass is 10.1. The number of halogens is 2. The lowest BCUT2D eigenvalue weighted by Gasteiger charge is -2.03. The van der Waals surface area contributed by atoms with Gasteiger partial charge in [0.25, 0.3) is 5.91 Å². The van der Waals surface area contributed by atoms with Crippen LogP contribution in [0.2, 0.25) is 0 Å². The molecule has 1 aromatic rings. The van der Waals surface area contributed by atoms with E-state index in [1.54, 1.807) is 6.07 Å². The van der Waals surface area contributed by atoms with Gasteiger partial charge in [0, 0.05) is 14.5 Å². The Morgan fingerprint density at radius 3 is 2.46 bits per heavy atom. The fourth-order valence-corrected chi connectivity index (χ4v) is 2.40. The summed E-state index contributed by atoms with van der Waals surface area (Å²) in [5.74, 6) is -0.624. The zero-order chi connectivity index (χ0) is 10.0. The van der Waals surface area contributed by atoms with Crippen LogP contribution in [-0.4, -0.2) is 12.2 Å². The Bertz CT molecular complexity index is 377. The average Bonchev–Trinajstić information content (AvgIpc) is 2.01. The van der Waals surface area contributed by atoms with E-state index in [4.69, 9.17) is 5.73 Å². The van der Waals surface area contributed by atoms with E-state index in [0.717, 1.165) is 0 Å². The zero-order valence-electron chi connectivity index (χ0n) is 6.38. The molecule has 0 unspecified atom stereocenters. The Labute approximate surface area is 91.6 Å². The van der Waals surface area contributed by atoms with Crippen LogP contribution in [0.3, 0.4) is 0 Å². The second-order valence-corrected chi connectivity index (χ2v) is 4.10. The van der Waals surface area contributed by atoms with Crippen molar-refractivity contribution in [2.75, 3.05) is 0 Å². The number of carbonyl (C=O) groups is 2. The second-order valence-electron chi connectivity index (χ2n) is 2.33. The number of benzene rings is 1. The van der Waals surface area contributed by atoms with Gasteiger partial charge >= 0.3 is 0 Å². The summed E-state index contributed by atoms with van der Waals surface area (Å²) in [7, 11) is 0. The molecule has 0 spiro atoms. The van der Waals surface area contributed by atoms with Crippen molar-refractivity contribution in [1.29, 1.82) is 0 Å². The molecule has 5 heteroatoms. The molecule has 13 heavy (non-hydrogen) atoms. The van der Waals surface area contributed by atoms with Gasteiger partial charge in [-0.3, -0.25) is 9.59 Å². The first kappa shape index (κ1) is 10.4. The van der Waals surface area contributed by atoms with Crippen molar-refractivity contribution in [2.24, 2.45) is 5.73 Å². The van der Waals surface area contributed by atoms with Gasteiger partial charge < -0.3 is 5.73 Å². The predicted molar refractivity (Wildman–Crippen MR) is 55.7 cm³/mol. The van der Waals surface area contributed by atoms with Crippen LogP contribution >= 0.6 is 31.9 Å². The van der Waals surface area contributed by atoms with Crippen molar-refractivity contribution < 1.29 is 9.59 Å². The first-order valence-corrected chi connectivity index (χ1v) is 4.89. The molecule has 0 saturated carbocycles. The maximum Gasteiger partial charge on any atom is 0.250 e. The molecule has 1 aromatic carbocycles. The molecular formula is C8H5Br2NO2. The fourth-order valence-electron chi connectivity index (χ4n) is 0.946. The van der Waals surface area contributed by atoms with Gasteiger partial charge in [-0.15, -0.1) is 0 Å². The number of rotatable bonds is 2. The lowest BCUT2D eigenvalue weighted by Crippen LogP contribution is -2.14. The lowest BCUT2D eigenvalue weighted by molar-refractivity contribution is 0.0992. The fraction of sp³-hybridized carbons (Fsp3) is 0. The Balaban J connectivity index is 3.47. The number of hydrogen-bond donors (Lipinski definition) is 1. The molecule has 0 aromatic heterocycles. The summed E-state index contributed by atoms with van der Waals surface area (Å²) >= 11 is 6.35. The topological polar surface area (TPSA) is 60.2 Å². The summed E-state index contributed by atoms with van der Waals surface area (Å²) in [5, 5.41) is 0. The molecule has 0 bridgehead atoms. The van der Waals surface area contributed by atoms with E-state index in [-0.39, 0.29) is 11.1 Å². The molecule has 0 aliphatic heterocycles. The Morgan fingerprint density at radius 2 is 2.00 bits per heavy atom. The maximum absolute atomic E-state index is 10.9. The summed E-state index contributed by atoms with van der Waals surface area (Å²) in [6, 6.07) is 3.20. The SMILES string of the molecule is NC(=O)c1c(Br)cc(Br)cc1C=O. The Morgan fingerprint density at radius 1 is 1.38 bits per heavy atom. The normalized spacial score (nSPS) is 9.69. The van der Waals surface area contributed by atoms with E-state index in [0.29, 0.717) is 15.2 Å². The highest BCUT2D eigenvalue weighted by molar-refractivity contribution is 9.11. The third-order valence-corrected chi connectivity index (χ3v) is 2.54. The minimum Gasteiger partial charge on any atom is -0.366 e. The minimum absolute atomic E-state index is 0.207. The van der Waals surface area contributed by atoms with Gasteiger partial charge in [0.15, 0.2) is 6.29 Å². The number of aldehydes is 1. The van der Waals surface area contributed by atoms with Crippen LogP contribution < -0.4 is 5.73 Å². The van der Waals surface area contributed by atoms with E-state index < -0.39 is 5.91 Å². The third kappa shape index (κ3) is 2.16.